The van der Waals surface area contributed by atoms with Crippen molar-refractivity contribution in [2.75, 3.05) is 0 Å². The van der Waals surface area contributed by atoms with E-state index < -0.39 is 17.9 Å². The second-order valence-corrected chi connectivity index (χ2v) is 10.2. The van der Waals surface area contributed by atoms with Crippen molar-refractivity contribution < 1.29 is 28.9 Å². The number of carbonyl (C=O) groups is 2. The Hall–Kier alpha value is -5.56. The van der Waals surface area contributed by atoms with E-state index in [4.69, 9.17) is 14.2 Å². The van der Waals surface area contributed by atoms with Crippen LogP contribution < -0.4 is 19.5 Å². The van der Waals surface area contributed by atoms with Gasteiger partial charge in [0.2, 0.25) is 0 Å². The molecule has 2 N–H and O–H groups in total. The second-order valence-electron chi connectivity index (χ2n) is 10.2. The Balaban J connectivity index is 1.10. The summed E-state index contributed by atoms with van der Waals surface area (Å²) in [6, 6.07) is 40.2. The molecule has 0 aliphatic carbocycles. The average molecular weight is 588 g/mol. The van der Waals surface area contributed by atoms with Gasteiger partial charge in [0.15, 0.2) is 0 Å². The van der Waals surface area contributed by atoms with Gasteiger partial charge in [0.05, 0.1) is 0 Å². The molecule has 0 aliphatic rings. The zero-order valence-electron chi connectivity index (χ0n) is 24.1. The number of carboxylic acid groups (broad SMARTS) is 1. The molecule has 5 aromatic carbocycles. The Morgan fingerprint density at radius 1 is 0.545 bits per heavy atom. The second kappa shape index (κ2) is 15.1. The Morgan fingerprint density at radius 2 is 1.05 bits per heavy atom. The number of rotatable bonds is 14. The maximum Gasteiger partial charge on any atom is 0.326 e. The zero-order valence-corrected chi connectivity index (χ0v) is 24.1. The predicted molar refractivity (Wildman–Crippen MR) is 168 cm³/mol. The normalized spacial score (nSPS) is 11.3. The number of benzene rings is 5. The molecule has 1 unspecified atom stereocenters. The van der Waals surface area contributed by atoms with E-state index in [0.717, 1.165) is 28.0 Å². The lowest BCUT2D eigenvalue weighted by Gasteiger charge is -2.15. The highest BCUT2D eigenvalue weighted by atomic mass is 16.5. The minimum Gasteiger partial charge on any atom is -0.489 e. The summed E-state index contributed by atoms with van der Waals surface area (Å²) in [5, 5.41) is 12.4. The van der Waals surface area contributed by atoms with Crippen molar-refractivity contribution in [2.24, 2.45) is 0 Å². The maximum absolute atomic E-state index is 12.9. The number of carbonyl (C=O) groups excluding carboxylic acids is 1. The summed E-state index contributed by atoms with van der Waals surface area (Å²) in [4.78, 5) is 24.8. The first-order valence-electron chi connectivity index (χ1n) is 14.3. The smallest absolute Gasteiger partial charge is 0.326 e. The Kier molecular flexibility index (Phi) is 10.2. The quantitative estimate of drug-likeness (QED) is 0.148. The van der Waals surface area contributed by atoms with Crippen molar-refractivity contribution in [3.8, 4) is 17.2 Å². The first-order valence-corrected chi connectivity index (χ1v) is 14.3. The summed E-state index contributed by atoms with van der Waals surface area (Å²) < 4.78 is 17.6. The summed E-state index contributed by atoms with van der Waals surface area (Å²) in [6.45, 7) is 1.24. The molecular weight excluding hydrogens is 554 g/mol. The number of carboxylic acids is 1. The van der Waals surface area contributed by atoms with Crippen molar-refractivity contribution in [3.63, 3.8) is 0 Å². The summed E-state index contributed by atoms with van der Waals surface area (Å²) in [7, 11) is 0. The van der Waals surface area contributed by atoms with Crippen molar-refractivity contribution in [1.29, 1.82) is 0 Å². The molecule has 0 saturated carbocycles. The van der Waals surface area contributed by atoms with Crippen LogP contribution in [0.3, 0.4) is 0 Å². The maximum atomic E-state index is 12.9. The van der Waals surface area contributed by atoms with E-state index in [2.05, 4.69) is 5.32 Å². The topological polar surface area (TPSA) is 94.1 Å². The standard InChI is InChI=1S/C37H33NO6/c39-36(38-35(37(40)41)23-27-14-18-32(19-15-27)42-24-28-8-3-1-4-9-28)31-16-20-33(21-17-31)43-26-30-12-7-13-34(22-30)44-25-29-10-5-2-6-11-29/h1-22,35H,23-26H2,(H,38,39)(H,40,41). The molecular formula is C37H33NO6. The largest absolute Gasteiger partial charge is 0.489 e. The lowest BCUT2D eigenvalue weighted by Crippen LogP contribution is -2.42. The molecule has 0 fully saturated rings. The Bertz CT molecular complexity index is 1640. The molecule has 0 spiro atoms. The summed E-state index contributed by atoms with van der Waals surface area (Å²) in [5.41, 5.74) is 4.19. The van der Waals surface area contributed by atoms with Gasteiger partial charge in [-0.1, -0.05) is 84.9 Å². The molecule has 5 rings (SSSR count). The molecule has 0 saturated heterocycles. The fourth-order valence-corrected chi connectivity index (χ4v) is 4.48. The molecule has 0 heterocycles. The van der Waals surface area contributed by atoms with Crippen LogP contribution in [0.2, 0.25) is 0 Å². The van der Waals surface area contributed by atoms with E-state index in [1.165, 1.54) is 0 Å². The van der Waals surface area contributed by atoms with Crippen molar-refractivity contribution in [2.45, 2.75) is 32.3 Å². The van der Waals surface area contributed by atoms with Gasteiger partial charge in [-0.05, 0) is 70.8 Å². The van der Waals surface area contributed by atoms with Gasteiger partial charge in [-0.25, -0.2) is 4.79 Å². The van der Waals surface area contributed by atoms with Crippen LogP contribution in [0.4, 0.5) is 0 Å². The minimum absolute atomic E-state index is 0.134. The van der Waals surface area contributed by atoms with Crippen LogP contribution in [0.15, 0.2) is 133 Å². The highest BCUT2D eigenvalue weighted by Gasteiger charge is 2.21. The van der Waals surface area contributed by atoms with Gasteiger partial charge in [-0.2, -0.15) is 0 Å². The number of ether oxygens (including phenoxy) is 3. The third kappa shape index (κ3) is 8.97. The van der Waals surface area contributed by atoms with Gasteiger partial charge in [-0.3, -0.25) is 4.79 Å². The van der Waals surface area contributed by atoms with Gasteiger partial charge in [-0.15, -0.1) is 0 Å². The summed E-state index contributed by atoms with van der Waals surface area (Å²) in [5.74, 6) is 0.427. The van der Waals surface area contributed by atoms with E-state index in [9.17, 15) is 14.7 Å². The molecule has 5 aromatic rings. The highest BCUT2D eigenvalue weighted by molar-refractivity contribution is 5.96. The van der Waals surface area contributed by atoms with Crippen LogP contribution in [-0.4, -0.2) is 23.0 Å². The lowest BCUT2D eigenvalue weighted by atomic mass is 10.1. The van der Waals surface area contributed by atoms with E-state index in [1.54, 1.807) is 48.5 Å². The van der Waals surface area contributed by atoms with Crippen LogP contribution in [0.1, 0.15) is 32.6 Å². The third-order valence-electron chi connectivity index (χ3n) is 6.88. The fraction of sp³-hybridized carbons (Fsp3) is 0.135. The fourth-order valence-electron chi connectivity index (χ4n) is 4.48. The molecule has 7 nitrogen and oxygen atoms in total. The summed E-state index contributed by atoms with van der Waals surface area (Å²) >= 11 is 0. The Labute approximate surface area is 256 Å². The minimum atomic E-state index is -1.11. The van der Waals surface area contributed by atoms with Crippen molar-refractivity contribution >= 4 is 11.9 Å². The third-order valence-corrected chi connectivity index (χ3v) is 6.88. The molecule has 222 valence electrons. The number of hydrogen-bond acceptors (Lipinski definition) is 5. The molecule has 7 heteroatoms. The number of hydrogen-bond donors (Lipinski definition) is 2. The zero-order chi connectivity index (χ0) is 30.6. The molecule has 1 atom stereocenters. The van der Waals surface area contributed by atoms with Crippen LogP contribution in [0.5, 0.6) is 17.2 Å². The molecule has 0 aliphatic heterocycles. The van der Waals surface area contributed by atoms with Crippen LogP contribution in [0, 0.1) is 0 Å². The molecule has 0 aromatic heterocycles. The molecule has 0 bridgehead atoms. The number of amides is 1. The van der Waals surface area contributed by atoms with Crippen LogP contribution in [-0.2, 0) is 31.0 Å². The van der Waals surface area contributed by atoms with E-state index >= 15 is 0 Å². The number of aliphatic carboxylic acids is 1. The monoisotopic (exact) mass is 587 g/mol. The molecule has 1 amide bonds. The Morgan fingerprint density at radius 3 is 1.61 bits per heavy atom. The summed E-state index contributed by atoms with van der Waals surface area (Å²) in [6.07, 6.45) is 0.134. The average Bonchev–Trinajstić information content (AvgIpc) is 3.07. The van der Waals surface area contributed by atoms with Gasteiger partial charge >= 0.3 is 5.97 Å². The SMILES string of the molecule is O=C(NC(Cc1ccc(OCc2ccccc2)cc1)C(=O)O)c1ccc(OCc2cccc(OCc3ccccc3)c2)cc1. The van der Waals surface area contributed by atoms with E-state index in [1.807, 2.05) is 84.9 Å². The van der Waals surface area contributed by atoms with Gasteiger partial charge in [0, 0.05) is 12.0 Å². The van der Waals surface area contributed by atoms with Crippen molar-refractivity contribution in [1.82, 2.24) is 5.32 Å². The molecule has 44 heavy (non-hydrogen) atoms. The number of nitrogens with one attached hydrogen (secondary N) is 1. The first kappa shape index (κ1) is 29.9. The first-order chi connectivity index (χ1) is 21.5. The van der Waals surface area contributed by atoms with Crippen LogP contribution >= 0.6 is 0 Å². The van der Waals surface area contributed by atoms with Gasteiger partial charge < -0.3 is 24.6 Å². The highest BCUT2D eigenvalue weighted by Crippen LogP contribution is 2.19. The van der Waals surface area contributed by atoms with Crippen molar-refractivity contribution in [3.05, 3.63) is 161 Å². The van der Waals surface area contributed by atoms with Crippen LogP contribution in [0.25, 0.3) is 0 Å². The predicted octanol–water partition coefficient (Wildman–Crippen LogP) is 6.85. The lowest BCUT2D eigenvalue weighted by molar-refractivity contribution is -0.139. The van der Waals surface area contributed by atoms with Gasteiger partial charge in [0.25, 0.3) is 5.91 Å². The molecule has 0 radical (unpaired) electrons. The van der Waals surface area contributed by atoms with Gasteiger partial charge in [0.1, 0.15) is 43.1 Å². The van der Waals surface area contributed by atoms with E-state index in [0.29, 0.717) is 36.9 Å². The van der Waals surface area contributed by atoms with E-state index in [-0.39, 0.29) is 6.42 Å².